The van der Waals surface area contributed by atoms with Gasteiger partial charge >= 0.3 is 0 Å². The lowest BCUT2D eigenvalue weighted by Gasteiger charge is -2.08. The lowest BCUT2D eigenvalue weighted by Crippen LogP contribution is -2.27. The quantitative estimate of drug-likeness (QED) is 0.671. The smallest absolute Gasteiger partial charge is 0.253 e. The first kappa shape index (κ1) is 13.1. The van der Waals surface area contributed by atoms with Gasteiger partial charge in [0.15, 0.2) is 0 Å². The molecule has 1 fully saturated rings. The molecule has 1 aliphatic carbocycles. The van der Waals surface area contributed by atoms with Crippen LogP contribution in [0.4, 0.5) is 0 Å². The Kier molecular flexibility index (Phi) is 4.75. The van der Waals surface area contributed by atoms with Gasteiger partial charge in [-0.15, -0.1) is 0 Å². The van der Waals surface area contributed by atoms with E-state index in [1.54, 1.807) is 6.20 Å². The predicted molar refractivity (Wildman–Crippen MR) is 73.6 cm³/mol. The number of carbonyl (C=O) groups is 1. The third-order valence-electron chi connectivity index (χ3n) is 2.81. The lowest BCUT2D eigenvalue weighted by atomic mass is 10.3. The van der Waals surface area contributed by atoms with Crippen LogP contribution in [0.2, 0.25) is 0 Å². The van der Waals surface area contributed by atoms with Crippen molar-refractivity contribution >= 4 is 23.4 Å². The summed E-state index contributed by atoms with van der Waals surface area (Å²) in [5, 5.41) is 4.84. The van der Waals surface area contributed by atoms with E-state index in [2.05, 4.69) is 15.5 Å². The summed E-state index contributed by atoms with van der Waals surface area (Å²) in [5.74, 6) is -0.0648. The van der Waals surface area contributed by atoms with Gasteiger partial charge in [0.2, 0.25) is 0 Å². The molecule has 96 valence electrons. The minimum Gasteiger partial charge on any atom is -0.272 e. The SMILES string of the molecule is CC(Sc1ccccn1)C(=O)NN=C1CCCC1. The molecule has 1 atom stereocenters. The third kappa shape index (κ3) is 3.84. The van der Waals surface area contributed by atoms with Crippen LogP contribution in [0.15, 0.2) is 34.5 Å². The summed E-state index contributed by atoms with van der Waals surface area (Å²) in [5.41, 5.74) is 3.75. The van der Waals surface area contributed by atoms with Crippen LogP contribution in [0, 0.1) is 0 Å². The van der Waals surface area contributed by atoms with Gasteiger partial charge < -0.3 is 0 Å². The molecule has 1 aliphatic rings. The van der Waals surface area contributed by atoms with E-state index in [-0.39, 0.29) is 11.2 Å². The molecule has 0 spiro atoms. The Hall–Kier alpha value is -1.36. The van der Waals surface area contributed by atoms with E-state index >= 15 is 0 Å². The van der Waals surface area contributed by atoms with Gasteiger partial charge in [0.05, 0.1) is 10.3 Å². The van der Waals surface area contributed by atoms with Gasteiger partial charge in [-0.05, 0) is 44.7 Å². The molecular formula is C13H17N3OS. The summed E-state index contributed by atoms with van der Waals surface area (Å²) in [4.78, 5) is 16.0. The minimum atomic E-state index is -0.189. The average molecular weight is 263 g/mol. The van der Waals surface area contributed by atoms with E-state index in [0.29, 0.717) is 0 Å². The first-order valence-corrected chi connectivity index (χ1v) is 7.06. The molecule has 1 unspecified atom stereocenters. The molecule has 1 heterocycles. The second kappa shape index (κ2) is 6.54. The molecule has 1 aromatic heterocycles. The lowest BCUT2D eigenvalue weighted by molar-refractivity contribution is -0.120. The van der Waals surface area contributed by atoms with Gasteiger partial charge in [0.25, 0.3) is 5.91 Å². The molecule has 0 aliphatic heterocycles. The number of pyridine rings is 1. The van der Waals surface area contributed by atoms with Crippen LogP contribution in [-0.2, 0) is 4.79 Å². The Morgan fingerprint density at radius 2 is 2.22 bits per heavy atom. The van der Waals surface area contributed by atoms with Crippen LogP contribution in [-0.4, -0.2) is 21.9 Å². The maximum Gasteiger partial charge on any atom is 0.253 e. The van der Waals surface area contributed by atoms with Gasteiger partial charge in [-0.25, -0.2) is 10.4 Å². The number of carbonyl (C=O) groups excluding carboxylic acids is 1. The molecule has 1 aromatic rings. The van der Waals surface area contributed by atoms with Crippen molar-refractivity contribution in [3.8, 4) is 0 Å². The third-order valence-corrected chi connectivity index (χ3v) is 3.86. The zero-order valence-corrected chi connectivity index (χ0v) is 11.2. The Morgan fingerprint density at radius 1 is 1.44 bits per heavy atom. The van der Waals surface area contributed by atoms with Crippen molar-refractivity contribution in [1.82, 2.24) is 10.4 Å². The van der Waals surface area contributed by atoms with Crippen molar-refractivity contribution in [3.63, 3.8) is 0 Å². The molecule has 4 nitrogen and oxygen atoms in total. The van der Waals surface area contributed by atoms with Crippen LogP contribution in [0.1, 0.15) is 32.6 Å². The minimum absolute atomic E-state index is 0.0648. The maximum absolute atomic E-state index is 11.8. The largest absolute Gasteiger partial charge is 0.272 e. The molecule has 1 N–H and O–H groups in total. The molecular weight excluding hydrogens is 246 g/mol. The number of hydrogen-bond donors (Lipinski definition) is 1. The Morgan fingerprint density at radius 3 is 2.89 bits per heavy atom. The highest BCUT2D eigenvalue weighted by Crippen LogP contribution is 2.20. The fraction of sp³-hybridized carbons (Fsp3) is 0.462. The molecule has 2 rings (SSSR count). The zero-order chi connectivity index (χ0) is 12.8. The van der Waals surface area contributed by atoms with Crippen LogP contribution < -0.4 is 5.43 Å². The van der Waals surface area contributed by atoms with Gasteiger partial charge in [-0.3, -0.25) is 4.79 Å². The monoisotopic (exact) mass is 263 g/mol. The van der Waals surface area contributed by atoms with Crippen molar-refractivity contribution in [3.05, 3.63) is 24.4 Å². The average Bonchev–Trinajstić information content (AvgIpc) is 2.90. The van der Waals surface area contributed by atoms with E-state index in [1.807, 2.05) is 25.1 Å². The highest BCUT2D eigenvalue weighted by molar-refractivity contribution is 8.00. The Balaban J connectivity index is 1.83. The molecule has 1 saturated carbocycles. The molecule has 0 aromatic carbocycles. The van der Waals surface area contributed by atoms with Gasteiger partial charge in [-0.1, -0.05) is 17.8 Å². The van der Waals surface area contributed by atoms with Gasteiger partial charge in [0.1, 0.15) is 0 Å². The number of amides is 1. The van der Waals surface area contributed by atoms with Crippen LogP contribution in [0.5, 0.6) is 0 Å². The summed E-state index contributed by atoms with van der Waals surface area (Å²) in [6.45, 7) is 1.86. The molecule has 18 heavy (non-hydrogen) atoms. The molecule has 0 radical (unpaired) electrons. The van der Waals surface area contributed by atoms with Crippen molar-refractivity contribution < 1.29 is 4.79 Å². The topological polar surface area (TPSA) is 54.4 Å². The molecule has 0 saturated heterocycles. The maximum atomic E-state index is 11.8. The van der Waals surface area contributed by atoms with E-state index in [1.165, 1.54) is 24.6 Å². The fourth-order valence-electron chi connectivity index (χ4n) is 1.77. The summed E-state index contributed by atoms with van der Waals surface area (Å²) in [6, 6.07) is 5.68. The zero-order valence-electron chi connectivity index (χ0n) is 10.4. The highest BCUT2D eigenvalue weighted by Gasteiger charge is 2.15. The first-order valence-electron chi connectivity index (χ1n) is 6.18. The Bertz CT molecular complexity index is 425. The van der Waals surface area contributed by atoms with Crippen molar-refractivity contribution in [2.45, 2.75) is 42.9 Å². The molecule has 5 heteroatoms. The summed E-state index contributed by atoms with van der Waals surface area (Å²) in [6.07, 6.45) is 6.13. The second-order valence-corrected chi connectivity index (χ2v) is 5.65. The van der Waals surface area contributed by atoms with E-state index < -0.39 is 0 Å². The van der Waals surface area contributed by atoms with Gasteiger partial charge in [0, 0.05) is 11.9 Å². The van der Waals surface area contributed by atoms with E-state index in [4.69, 9.17) is 0 Å². The summed E-state index contributed by atoms with van der Waals surface area (Å²) in [7, 11) is 0. The number of thioether (sulfide) groups is 1. The van der Waals surface area contributed by atoms with Crippen LogP contribution in [0.25, 0.3) is 0 Å². The first-order chi connectivity index (χ1) is 8.75. The summed E-state index contributed by atoms with van der Waals surface area (Å²) >= 11 is 1.44. The normalized spacial score (nSPS) is 16.4. The number of rotatable bonds is 4. The molecule has 0 bridgehead atoms. The Labute approximate surface area is 111 Å². The summed E-state index contributed by atoms with van der Waals surface area (Å²) < 4.78 is 0. The fourth-order valence-corrected chi connectivity index (χ4v) is 2.57. The van der Waals surface area contributed by atoms with Crippen LogP contribution >= 0.6 is 11.8 Å². The van der Waals surface area contributed by atoms with Gasteiger partial charge in [-0.2, -0.15) is 5.10 Å². The second-order valence-electron chi connectivity index (χ2n) is 4.29. The van der Waals surface area contributed by atoms with Crippen molar-refractivity contribution in [2.24, 2.45) is 5.10 Å². The molecule has 1 amide bonds. The standard InChI is InChI=1S/C13H17N3OS/c1-10(18-12-8-4-5-9-14-12)13(17)16-15-11-6-2-3-7-11/h4-5,8-10H,2-3,6-7H2,1H3,(H,16,17). The van der Waals surface area contributed by atoms with E-state index in [0.717, 1.165) is 23.6 Å². The number of aromatic nitrogens is 1. The highest BCUT2D eigenvalue weighted by atomic mass is 32.2. The number of hydrazone groups is 1. The van der Waals surface area contributed by atoms with Crippen LogP contribution in [0.3, 0.4) is 0 Å². The van der Waals surface area contributed by atoms with Crippen molar-refractivity contribution in [2.75, 3.05) is 0 Å². The predicted octanol–water partition coefficient (Wildman–Crippen LogP) is 2.61. The number of nitrogens with one attached hydrogen (secondary N) is 1. The number of hydrogen-bond acceptors (Lipinski definition) is 4. The van der Waals surface area contributed by atoms with Crippen molar-refractivity contribution in [1.29, 1.82) is 0 Å². The number of nitrogens with zero attached hydrogens (tertiary/aromatic N) is 2. The van der Waals surface area contributed by atoms with E-state index in [9.17, 15) is 4.79 Å².